The highest BCUT2D eigenvalue weighted by Gasteiger charge is 2.35. The summed E-state index contributed by atoms with van der Waals surface area (Å²) in [5.41, 5.74) is 8.49. The first kappa shape index (κ1) is 19.3. The fourth-order valence-corrected chi connectivity index (χ4v) is 4.48. The zero-order valence-corrected chi connectivity index (χ0v) is 17.1. The molecule has 4 aromatic rings. The van der Waals surface area contributed by atoms with Crippen molar-refractivity contribution >= 4 is 33.8 Å². The minimum Gasteiger partial charge on any atom is -0.389 e. The fraction of sp³-hybridized carbons (Fsp3) is 0.261. The number of fused-ring (bicyclic) bond motifs is 2. The number of nitrogens with two attached hydrogens (primary N) is 1. The number of β-amino-alcohol motifs (C(OH)–C–C–N with tert-alkyl or cyclic N) is 1. The number of aliphatic hydroxyl groups excluding tert-OH is 1. The summed E-state index contributed by atoms with van der Waals surface area (Å²) in [7, 11) is 0. The highest BCUT2D eigenvalue weighted by atomic mass is 16.3. The van der Waals surface area contributed by atoms with Crippen LogP contribution in [0, 0.1) is 6.92 Å². The van der Waals surface area contributed by atoms with Crippen LogP contribution in [0.4, 0.5) is 0 Å². The predicted octanol–water partition coefficient (Wildman–Crippen LogP) is 1.84. The quantitative estimate of drug-likeness (QED) is 0.528. The molecule has 0 bridgehead atoms. The van der Waals surface area contributed by atoms with Crippen LogP contribution in [-0.2, 0) is 11.3 Å². The van der Waals surface area contributed by atoms with Crippen LogP contribution in [0.2, 0.25) is 0 Å². The molecule has 1 saturated heterocycles. The second-order valence-electron chi connectivity index (χ2n) is 8.03. The molecule has 3 N–H and O–H groups in total. The molecule has 8 heteroatoms. The van der Waals surface area contributed by atoms with Crippen molar-refractivity contribution in [2.45, 2.75) is 25.6 Å². The van der Waals surface area contributed by atoms with Gasteiger partial charge in [0.1, 0.15) is 12.4 Å². The van der Waals surface area contributed by atoms with Gasteiger partial charge in [-0.05, 0) is 43.3 Å². The van der Waals surface area contributed by atoms with Crippen LogP contribution in [0.5, 0.6) is 0 Å². The van der Waals surface area contributed by atoms with Gasteiger partial charge in [0.2, 0.25) is 11.8 Å². The highest BCUT2D eigenvalue weighted by Crippen LogP contribution is 2.28. The molecule has 0 unspecified atom stereocenters. The third-order valence-electron chi connectivity index (χ3n) is 6.11. The van der Waals surface area contributed by atoms with Crippen LogP contribution in [0.15, 0.2) is 54.7 Å². The number of hydrogen-bond donors (Lipinski definition) is 2. The number of para-hydroxylation sites is 2. The first-order valence-corrected chi connectivity index (χ1v) is 10.2. The van der Waals surface area contributed by atoms with Crippen molar-refractivity contribution in [3.05, 3.63) is 66.1 Å². The van der Waals surface area contributed by atoms with Gasteiger partial charge in [-0.3, -0.25) is 9.59 Å². The molecule has 2 aromatic heterocycles. The summed E-state index contributed by atoms with van der Waals surface area (Å²) in [4.78, 5) is 30.7. The van der Waals surface area contributed by atoms with Crippen LogP contribution in [0.25, 0.3) is 21.9 Å². The van der Waals surface area contributed by atoms with E-state index in [9.17, 15) is 14.7 Å². The zero-order valence-electron chi connectivity index (χ0n) is 17.1. The molecule has 1 fully saturated rings. The van der Waals surface area contributed by atoms with E-state index in [1.54, 1.807) is 17.0 Å². The molecule has 0 aliphatic carbocycles. The van der Waals surface area contributed by atoms with Gasteiger partial charge in [0, 0.05) is 35.8 Å². The number of amides is 2. The molecule has 158 valence electrons. The Labute approximate surface area is 178 Å². The van der Waals surface area contributed by atoms with E-state index in [-0.39, 0.29) is 25.0 Å². The third-order valence-corrected chi connectivity index (χ3v) is 6.11. The van der Waals surface area contributed by atoms with E-state index in [1.807, 2.05) is 58.7 Å². The van der Waals surface area contributed by atoms with Gasteiger partial charge in [-0.15, -0.1) is 0 Å². The molecule has 1 aliphatic heterocycles. The standard InChI is InChI=1S/C23H23N5O3/c1-14-25-17-4-2-3-5-19(17)28(14)13-22(30)26-11-20(21(29)12-26)27-9-8-15-10-16(23(24)31)6-7-18(15)27/h2-10,20-21,29H,11-13H2,1H3,(H2,24,31)/t20-,21-/m1/s1. The van der Waals surface area contributed by atoms with Crippen LogP contribution in [0.1, 0.15) is 22.2 Å². The van der Waals surface area contributed by atoms with Gasteiger partial charge in [-0.25, -0.2) is 4.98 Å². The summed E-state index contributed by atoms with van der Waals surface area (Å²) in [5, 5.41) is 11.6. The van der Waals surface area contributed by atoms with E-state index >= 15 is 0 Å². The lowest BCUT2D eigenvalue weighted by molar-refractivity contribution is -0.131. The number of carbonyl (C=O) groups is 2. The van der Waals surface area contributed by atoms with E-state index in [0.717, 1.165) is 27.8 Å². The number of carbonyl (C=O) groups excluding carboxylic acids is 2. The molecule has 1 aliphatic rings. The van der Waals surface area contributed by atoms with Gasteiger partial charge in [0.15, 0.2) is 0 Å². The third kappa shape index (κ3) is 3.25. The van der Waals surface area contributed by atoms with Gasteiger partial charge in [0.05, 0.1) is 23.2 Å². The van der Waals surface area contributed by atoms with Crippen molar-refractivity contribution < 1.29 is 14.7 Å². The second-order valence-corrected chi connectivity index (χ2v) is 8.03. The maximum Gasteiger partial charge on any atom is 0.248 e. The Hall–Kier alpha value is -3.65. The first-order chi connectivity index (χ1) is 14.9. The molecule has 0 spiro atoms. The summed E-state index contributed by atoms with van der Waals surface area (Å²) in [5.74, 6) is 0.252. The molecule has 0 saturated carbocycles. The lowest BCUT2D eigenvalue weighted by atomic mass is 10.1. The van der Waals surface area contributed by atoms with Crippen molar-refractivity contribution in [2.24, 2.45) is 5.73 Å². The molecule has 31 heavy (non-hydrogen) atoms. The lowest BCUT2D eigenvalue weighted by Gasteiger charge is -2.19. The van der Waals surface area contributed by atoms with Crippen molar-refractivity contribution in [2.75, 3.05) is 13.1 Å². The number of likely N-dealkylation sites (tertiary alicyclic amines) is 1. The summed E-state index contributed by atoms with van der Waals surface area (Å²) >= 11 is 0. The van der Waals surface area contributed by atoms with Crippen LogP contribution in [-0.4, -0.2) is 55.1 Å². The fourth-order valence-electron chi connectivity index (χ4n) is 4.48. The first-order valence-electron chi connectivity index (χ1n) is 10.2. The highest BCUT2D eigenvalue weighted by molar-refractivity contribution is 5.97. The van der Waals surface area contributed by atoms with Gasteiger partial charge in [-0.1, -0.05) is 12.1 Å². The summed E-state index contributed by atoms with van der Waals surface area (Å²) in [6.07, 6.45) is 1.20. The van der Waals surface area contributed by atoms with Crippen LogP contribution in [0.3, 0.4) is 0 Å². The van der Waals surface area contributed by atoms with Crippen molar-refractivity contribution in [1.82, 2.24) is 19.0 Å². The zero-order chi connectivity index (χ0) is 21.7. The Morgan fingerprint density at radius 1 is 1.13 bits per heavy atom. The maximum atomic E-state index is 13.1. The Bertz CT molecular complexity index is 1320. The smallest absolute Gasteiger partial charge is 0.248 e. The molecule has 2 amide bonds. The molecular weight excluding hydrogens is 394 g/mol. The summed E-state index contributed by atoms with van der Waals surface area (Å²) in [6.45, 7) is 2.75. The summed E-state index contributed by atoms with van der Waals surface area (Å²) in [6, 6.07) is 14.6. The average Bonchev–Trinajstić information content (AvgIpc) is 3.43. The minimum atomic E-state index is -0.684. The van der Waals surface area contributed by atoms with Crippen LogP contribution < -0.4 is 5.73 Å². The molecule has 2 atom stereocenters. The van der Waals surface area contributed by atoms with Crippen molar-refractivity contribution in [3.63, 3.8) is 0 Å². The summed E-state index contributed by atoms with van der Waals surface area (Å²) < 4.78 is 3.88. The largest absolute Gasteiger partial charge is 0.389 e. The number of nitrogens with zero attached hydrogens (tertiary/aromatic N) is 4. The number of aryl methyl sites for hydroxylation is 1. The number of aliphatic hydroxyl groups is 1. The molecular formula is C23H23N5O3. The van der Waals surface area contributed by atoms with Crippen LogP contribution >= 0.6 is 0 Å². The second kappa shape index (κ2) is 7.24. The molecule has 0 radical (unpaired) electrons. The van der Waals surface area contributed by atoms with Gasteiger partial charge in [0.25, 0.3) is 0 Å². The Balaban J connectivity index is 1.38. The normalized spacial score (nSPS) is 18.8. The Morgan fingerprint density at radius 2 is 1.94 bits per heavy atom. The number of primary amides is 1. The van der Waals surface area contributed by atoms with E-state index in [1.165, 1.54) is 0 Å². The number of hydrogen-bond acceptors (Lipinski definition) is 4. The lowest BCUT2D eigenvalue weighted by Crippen LogP contribution is -2.33. The van der Waals surface area contributed by atoms with Gasteiger partial charge < -0.3 is 24.9 Å². The Morgan fingerprint density at radius 3 is 2.74 bits per heavy atom. The van der Waals surface area contributed by atoms with E-state index in [2.05, 4.69) is 4.98 Å². The Kier molecular flexibility index (Phi) is 4.51. The van der Waals surface area contributed by atoms with E-state index in [0.29, 0.717) is 12.1 Å². The molecule has 5 rings (SSSR count). The predicted molar refractivity (Wildman–Crippen MR) is 117 cm³/mol. The number of imidazole rings is 1. The number of rotatable bonds is 4. The monoisotopic (exact) mass is 417 g/mol. The van der Waals surface area contributed by atoms with Gasteiger partial charge in [-0.2, -0.15) is 0 Å². The molecule has 8 nitrogen and oxygen atoms in total. The van der Waals surface area contributed by atoms with Crippen molar-refractivity contribution in [1.29, 1.82) is 0 Å². The topological polar surface area (TPSA) is 106 Å². The molecule has 2 aromatic carbocycles. The average molecular weight is 417 g/mol. The van der Waals surface area contributed by atoms with E-state index < -0.39 is 12.0 Å². The van der Waals surface area contributed by atoms with E-state index in [4.69, 9.17) is 5.73 Å². The van der Waals surface area contributed by atoms with Gasteiger partial charge >= 0.3 is 0 Å². The SMILES string of the molecule is Cc1nc2ccccc2n1CC(=O)N1C[C@@H](O)[C@H](n2ccc3cc(C(N)=O)ccc32)C1. The number of aromatic nitrogens is 3. The van der Waals surface area contributed by atoms with Crippen molar-refractivity contribution in [3.8, 4) is 0 Å². The minimum absolute atomic E-state index is 0.0553. The molecule has 3 heterocycles. The maximum absolute atomic E-state index is 13.1. The number of benzene rings is 2.